The van der Waals surface area contributed by atoms with Gasteiger partial charge in [0.2, 0.25) is 5.91 Å². The van der Waals surface area contributed by atoms with E-state index in [1.807, 2.05) is 42.7 Å². The summed E-state index contributed by atoms with van der Waals surface area (Å²) in [6.45, 7) is 0. The summed E-state index contributed by atoms with van der Waals surface area (Å²) in [4.78, 5) is 27.4. The van der Waals surface area contributed by atoms with Crippen molar-refractivity contribution in [3.8, 4) is 22.4 Å². The summed E-state index contributed by atoms with van der Waals surface area (Å²) in [5.41, 5.74) is 5.60. The van der Waals surface area contributed by atoms with E-state index in [0.717, 1.165) is 39.0 Å². The van der Waals surface area contributed by atoms with E-state index in [1.165, 1.54) is 12.4 Å². The van der Waals surface area contributed by atoms with Crippen LogP contribution < -0.4 is 5.32 Å². The van der Waals surface area contributed by atoms with Crippen LogP contribution >= 0.6 is 0 Å². The van der Waals surface area contributed by atoms with Crippen molar-refractivity contribution in [3.63, 3.8) is 0 Å². The van der Waals surface area contributed by atoms with Gasteiger partial charge in [-0.3, -0.25) is 4.79 Å². The summed E-state index contributed by atoms with van der Waals surface area (Å²) in [7, 11) is 1.61. The zero-order valence-corrected chi connectivity index (χ0v) is 14.7. The largest absolute Gasteiger partial charge is 0.356 e. The fraction of sp³-hybridized carbons (Fsp3) is 0.0476. The first kappa shape index (κ1) is 16.7. The number of amides is 1. The minimum absolute atomic E-state index is 0.134. The van der Waals surface area contributed by atoms with Crippen LogP contribution in [0.1, 0.15) is 5.56 Å². The van der Waals surface area contributed by atoms with Crippen molar-refractivity contribution in [2.45, 2.75) is 0 Å². The summed E-state index contributed by atoms with van der Waals surface area (Å²) in [5, 5.41) is 3.57. The van der Waals surface area contributed by atoms with Crippen LogP contribution in [0, 0.1) is 0 Å². The molecule has 0 aliphatic heterocycles. The van der Waals surface area contributed by atoms with Gasteiger partial charge in [0.25, 0.3) is 0 Å². The second-order valence-corrected chi connectivity index (χ2v) is 5.99. The van der Waals surface area contributed by atoms with Crippen LogP contribution in [0.4, 0.5) is 0 Å². The highest BCUT2D eigenvalue weighted by atomic mass is 16.1. The monoisotopic (exact) mass is 355 g/mol. The molecule has 0 atom stereocenters. The topological polar surface area (TPSA) is 83.6 Å². The van der Waals surface area contributed by atoms with E-state index >= 15 is 0 Å². The Kier molecular flexibility index (Phi) is 4.45. The molecule has 6 heteroatoms. The molecule has 27 heavy (non-hydrogen) atoms. The van der Waals surface area contributed by atoms with E-state index in [2.05, 4.69) is 31.3 Å². The Labute approximate surface area is 156 Å². The lowest BCUT2D eigenvalue weighted by molar-refractivity contribution is -0.115. The van der Waals surface area contributed by atoms with Gasteiger partial charge in [0.1, 0.15) is 12.0 Å². The van der Waals surface area contributed by atoms with Crippen LogP contribution in [0.3, 0.4) is 0 Å². The number of aromatic nitrogens is 4. The van der Waals surface area contributed by atoms with Gasteiger partial charge in [-0.2, -0.15) is 0 Å². The Hall–Kier alpha value is -3.80. The van der Waals surface area contributed by atoms with E-state index in [9.17, 15) is 4.79 Å². The Balaban J connectivity index is 1.74. The third-order valence-electron chi connectivity index (χ3n) is 4.28. The van der Waals surface area contributed by atoms with Gasteiger partial charge in [0.15, 0.2) is 0 Å². The van der Waals surface area contributed by atoms with Gasteiger partial charge in [0, 0.05) is 48.2 Å². The van der Waals surface area contributed by atoms with E-state index in [0.29, 0.717) is 0 Å². The Morgan fingerprint density at radius 1 is 1.15 bits per heavy atom. The molecule has 1 amide bonds. The summed E-state index contributed by atoms with van der Waals surface area (Å²) >= 11 is 0. The van der Waals surface area contributed by atoms with Crippen LogP contribution in [0.2, 0.25) is 0 Å². The number of hydrogen-bond acceptors (Lipinski definition) is 4. The molecular formula is C21H17N5O. The first-order valence-electron chi connectivity index (χ1n) is 8.48. The minimum Gasteiger partial charge on any atom is -0.356 e. The normalized spacial score (nSPS) is 11.1. The number of fused-ring (bicyclic) bond motifs is 1. The predicted octanol–water partition coefficient (Wildman–Crippen LogP) is 3.45. The third kappa shape index (κ3) is 3.46. The van der Waals surface area contributed by atoms with Crippen LogP contribution in [-0.4, -0.2) is 32.9 Å². The number of pyridine rings is 1. The average Bonchev–Trinajstić information content (AvgIpc) is 3.16. The molecule has 3 heterocycles. The number of rotatable bonds is 4. The number of benzene rings is 1. The maximum Gasteiger partial charge on any atom is 0.243 e. The molecule has 0 saturated heterocycles. The molecule has 4 aromatic rings. The molecule has 0 unspecified atom stereocenters. The van der Waals surface area contributed by atoms with Crippen LogP contribution in [-0.2, 0) is 4.79 Å². The number of hydrogen-bond donors (Lipinski definition) is 2. The Bertz CT molecular complexity index is 1130. The standard InChI is InChI=1S/C21H17N5O/c1-22-20(27)6-5-14-3-2-4-15(9-14)16-10-17-18(12-25-21(17)24-11-16)19-7-8-23-13-26-19/h2-13H,1H3,(H,22,27)(H,24,25). The van der Waals surface area contributed by atoms with Crippen molar-refractivity contribution in [1.29, 1.82) is 0 Å². The van der Waals surface area contributed by atoms with Crippen LogP contribution in [0.15, 0.2) is 67.4 Å². The summed E-state index contributed by atoms with van der Waals surface area (Å²) in [5.74, 6) is -0.134. The molecule has 2 N–H and O–H groups in total. The van der Waals surface area contributed by atoms with Crippen molar-refractivity contribution >= 4 is 23.0 Å². The minimum atomic E-state index is -0.134. The number of carbonyl (C=O) groups is 1. The van der Waals surface area contributed by atoms with Gasteiger partial charge < -0.3 is 10.3 Å². The lowest BCUT2D eigenvalue weighted by Gasteiger charge is -2.04. The van der Waals surface area contributed by atoms with E-state index in [-0.39, 0.29) is 5.91 Å². The first-order valence-corrected chi connectivity index (χ1v) is 8.48. The average molecular weight is 355 g/mol. The van der Waals surface area contributed by atoms with Crippen molar-refractivity contribution in [2.75, 3.05) is 7.05 Å². The van der Waals surface area contributed by atoms with Gasteiger partial charge in [-0.1, -0.05) is 18.2 Å². The summed E-state index contributed by atoms with van der Waals surface area (Å²) in [6, 6.07) is 11.9. The highest BCUT2D eigenvalue weighted by Crippen LogP contribution is 2.30. The lowest BCUT2D eigenvalue weighted by atomic mass is 10.0. The molecular weight excluding hydrogens is 338 g/mol. The van der Waals surface area contributed by atoms with E-state index in [1.54, 1.807) is 19.3 Å². The number of nitrogens with one attached hydrogen (secondary N) is 2. The quantitative estimate of drug-likeness (QED) is 0.549. The van der Waals surface area contributed by atoms with Gasteiger partial charge in [-0.15, -0.1) is 0 Å². The molecule has 0 bridgehead atoms. The number of nitrogens with zero attached hydrogens (tertiary/aromatic N) is 3. The molecule has 4 rings (SSSR count). The summed E-state index contributed by atoms with van der Waals surface area (Å²) in [6.07, 6.45) is 10.3. The number of carbonyl (C=O) groups excluding carboxylic acids is 1. The molecule has 0 fully saturated rings. The van der Waals surface area contributed by atoms with Crippen molar-refractivity contribution in [2.24, 2.45) is 0 Å². The lowest BCUT2D eigenvalue weighted by Crippen LogP contribution is -2.13. The van der Waals surface area contributed by atoms with Crippen molar-refractivity contribution in [3.05, 3.63) is 73.0 Å². The molecule has 0 spiro atoms. The second kappa shape index (κ2) is 7.21. The fourth-order valence-electron chi connectivity index (χ4n) is 2.90. The van der Waals surface area contributed by atoms with Crippen molar-refractivity contribution in [1.82, 2.24) is 25.3 Å². The van der Waals surface area contributed by atoms with Gasteiger partial charge in [-0.25, -0.2) is 15.0 Å². The van der Waals surface area contributed by atoms with Crippen molar-refractivity contribution < 1.29 is 4.79 Å². The number of likely N-dealkylation sites (N-methyl/N-ethyl adjacent to an activating group) is 1. The number of aromatic amines is 1. The highest BCUT2D eigenvalue weighted by molar-refractivity contribution is 5.95. The molecule has 3 aromatic heterocycles. The zero-order valence-electron chi connectivity index (χ0n) is 14.7. The zero-order chi connectivity index (χ0) is 18.6. The summed E-state index contributed by atoms with van der Waals surface area (Å²) < 4.78 is 0. The Morgan fingerprint density at radius 2 is 2.07 bits per heavy atom. The van der Waals surface area contributed by atoms with Crippen LogP contribution in [0.25, 0.3) is 39.5 Å². The maximum absolute atomic E-state index is 11.4. The van der Waals surface area contributed by atoms with Gasteiger partial charge in [0.05, 0.1) is 5.69 Å². The van der Waals surface area contributed by atoms with Gasteiger partial charge >= 0.3 is 0 Å². The maximum atomic E-state index is 11.4. The molecule has 1 aromatic carbocycles. The smallest absolute Gasteiger partial charge is 0.243 e. The second-order valence-electron chi connectivity index (χ2n) is 5.99. The van der Waals surface area contributed by atoms with E-state index in [4.69, 9.17) is 0 Å². The molecule has 6 nitrogen and oxygen atoms in total. The molecule has 132 valence electrons. The molecule has 0 saturated carbocycles. The first-order chi connectivity index (χ1) is 13.2. The molecule has 0 aliphatic carbocycles. The van der Waals surface area contributed by atoms with E-state index < -0.39 is 0 Å². The van der Waals surface area contributed by atoms with Gasteiger partial charge in [-0.05, 0) is 35.4 Å². The number of H-pyrrole nitrogens is 1. The fourth-order valence-corrected chi connectivity index (χ4v) is 2.90. The third-order valence-corrected chi connectivity index (χ3v) is 4.28. The molecule has 0 radical (unpaired) electrons. The predicted molar refractivity (Wildman–Crippen MR) is 106 cm³/mol. The van der Waals surface area contributed by atoms with Crippen LogP contribution in [0.5, 0.6) is 0 Å². The highest BCUT2D eigenvalue weighted by Gasteiger charge is 2.10. The Morgan fingerprint density at radius 3 is 2.89 bits per heavy atom. The SMILES string of the molecule is CNC(=O)C=Cc1cccc(-c2cnc3[nH]cc(-c4ccncn4)c3c2)c1. The molecule has 0 aliphatic rings.